The number of hydrogen-bond acceptors (Lipinski definition) is 2. The molecule has 0 heterocycles. The maximum absolute atomic E-state index is 12.7. The summed E-state index contributed by atoms with van der Waals surface area (Å²) in [5.74, 6) is -0.0829. The summed E-state index contributed by atoms with van der Waals surface area (Å²) in [4.78, 5) is 0. The van der Waals surface area contributed by atoms with Gasteiger partial charge in [0.05, 0.1) is 0 Å². The number of ether oxygens (including phenoxy) is 1. The highest BCUT2D eigenvalue weighted by Crippen LogP contribution is 2.38. The lowest BCUT2D eigenvalue weighted by atomic mass is 9.77. The molecule has 0 saturated heterocycles. The first-order valence-corrected chi connectivity index (χ1v) is 7.99. The minimum absolute atomic E-state index is 0.203. The Hall–Kier alpha value is -2.03. The third-order valence-corrected chi connectivity index (χ3v) is 4.44. The molecule has 0 bridgehead atoms. The number of alkyl halides is 3. The van der Waals surface area contributed by atoms with Crippen molar-refractivity contribution < 1.29 is 22.3 Å². The molecule has 0 aromatic heterocycles. The van der Waals surface area contributed by atoms with Crippen LogP contribution in [0.25, 0.3) is 0 Å². The van der Waals surface area contributed by atoms with E-state index in [4.69, 9.17) is 5.26 Å². The minimum atomic E-state index is -4.67. The van der Waals surface area contributed by atoms with Crippen LogP contribution >= 0.6 is 0 Å². The highest BCUT2D eigenvalue weighted by atomic mass is 19.4. The Bertz CT molecular complexity index is 593. The molecule has 0 atom stereocenters. The van der Waals surface area contributed by atoms with E-state index in [-0.39, 0.29) is 5.75 Å². The molecule has 130 valence electrons. The van der Waals surface area contributed by atoms with Crippen LogP contribution in [-0.2, 0) is 0 Å². The summed E-state index contributed by atoms with van der Waals surface area (Å²) in [5, 5.41) is 8.35. The Morgan fingerprint density at radius 3 is 2.33 bits per heavy atom. The van der Waals surface area contributed by atoms with Gasteiger partial charge in [-0.15, -0.1) is 13.2 Å². The van der Waals surface area contributed by atoms with Crippen molar-refractivity contribution >= 4 is 0 Å². The van der Waals surface area contributed by atoms with Gasteiger partial charge in [0.1, 0.15) is 11.8 Å². The number of rotatable bonds is 5. The number of allylic oxidation sites excluding steroid dienone is 2. The maximum Gasteiger partial charge on any atom is 0.573 e. The highest BCUT2D eigenvalue weighted by Gasteiger charge is 2.31. The average Bonchev–Trinajstić information content (AvgIpc) is 2.54. The van der Waals surface area contributed by atoms with Crippen molar-refractivity contribution in [2.45, 2.75) is 50.8 Å². The van der Waals surface area contributed by atoms with Gasteiger partial charge in [-0.2, -0.15) is 9.65 Å². The van der Waals surface area contributed by atoms with Crippen LogP contribution in [0.1, 0.15) is 50.0 Å². The molecule has 1 aliphatic rings. The van der Waals surface area contributed by atoms with Crippen molar-refractivity contribution in [1.29, 1.82) is 5.26 Å². The molecule has 2 rings (SSSR count). The molecule has 0 radical (unpaired) electrons. The zero-order chi connectivity index (χ0) is 17.6. The highest BCUT2D eigenvalue weighted by molar-refractivity contribution is 5.29. The van der Waals surface area contributed by atoms with Crippen LogP contribution in [0.2, 0.25) is 0 Å². The summed E-state index contributed by atoms with van der Waals surface area (Å²) in [6.45, 7) is 0. The Balaban J connectivity index is 1.81. The Labute approximate surface area is 138 Å². The number of nitriles is 1. The predicted molar refractivity (Wildman–Crippen MR) is 81.9 cm³/mol. The van der Waals surface area contributed by atoms with E-state index in [1.807, 2.05) is 0 Å². The van der Waals surface area contributed by atoms with Gasteiger partial charge in [0.2, 0.25) is 0 Å². The zero-order valence-corrected chi connectivity index (χ0v) is 13.2. The number of halogens is 4. The lowest BCUT2D eigenvalue weighted by molar-refractivity contribution is -0.274. The quantitative estimate of drug-likeness (QED) is 0.485. The smallest absolute Gasteiger partial charge is 0.406 e. The fourth-order valence-corrected chi connectivity index (χ4v) is 3.22. The predicted octanol–water partition coefficient (Wildman–Crippen LogP) is 6.02. The van der Waals surface area contributed by atoms with Crippen molar-refractivity contribution in [2.75, 3.05) is 0 Å². The van der Waals surface area contributed by atoms with E-state index < -0.39 is 12.2 Å². The molecular weight excluding hydrogens is 322 g/mol. The third-order valence-electron chi connectivity index (χ3n) is 4.44. The van der Waals surface area contributed by atoms with Crippen LogP contribution in [-0.4, -0.2) is 6.36 Å². The van der Waals surface area contributed by atoms with E-state index in [1.54, 1.807) is 12.1 Å². The van der Waals surface area contributed by atoms with Gasteiger partial charge in [-0.1, -0.05) is 12.1 Å². The number of hydrogen-bond donors (Lipinski definition) is 0. The molecule has 0 spiro atoms. The molecule has 1 aliphatic carbocycles. The SMILES string of the molecule is N#C/C(F)=C/CCC1CCC(c2ccc(OC(F)(F)F)cc2)CC1. The first-order chi connectivity index (χ1) is 11.4. The van der Waals surface area contributed by atoms with Gasteiger partial charge in [-0.25, -0.2) is 0 Å². The van der Waals surface area contributed by atoms with Gasteiger partial charge in [-0.05, 0) is 74.1 Å². The van der Waals surface area contributed by atoms with Gasteiger partial charge < -0.3 is 4.74 Å². The molecule has 0 aliphatic heterocycles. The summed E-state index contributed by atoms with van der Waals surface area (Å²) in [6.07, 6.45) is 2.03. The van der Waals surface area contributed by atoms with Gasteiger partial charge >= 0.3 is 6.36 Å². The molecule has 0 N–H and O–H groups in total. The normalized spacial score (nSPS) is 22.0. The molecule has 0 amide bonds. The molecule has 1 aromatic carbocycles. The summed E-state index contributed by atoms with van der Waals surface area (Å²) < 4.78 is 53.0. The Kier molecular flexibility index (Phi) is 6.24. The Morgan fingerprint density at radius 1 is 1.17 bits per heavy atom. The van der Waals surface area contributed by atoms with Gasteiger partial charge in [0.15, 0.2) is 5.83 Å². The van der Waals surface area contributed by atoms with E-state index in [0.29, 0.717) is 18.3 Å². The van der Waals surface area contributed by atoms with Crippen LogP contribution in [0.5, 0.6) is 5.75 Å². The van der Waals surface area contributed by atoms with E-state index in [2.05, 4.69) is 4.74 Å². The van der Waals surface area contributed by atoms with E-state index in [0.717, 1.165) is 37.7 Å². The summed E-state index contributed by atoms with van der Waals surface area (Å²) in [7, 11) is 0. The van der Waals surface area contributed by atoms with Gasteiger partial charge in [0.25, 0.3) is 0 Å². The van der Waals surface area contributed by atoms with Crippen LogP contribution in [0.15, 0.2) is 36.2 Å². The fraction of sp³-hybridized carbons (Fsp3) is 0.500. The van der Waals surface area contributed by atoms with Crippen molar-refractivity contribution in [2.24, 2.45) is 5.92 Å². The molecule has 1 aromatic rings. The Morgan fingerprint density at radius 2 is 1.79 bits per heavy atom. The maximum atomic E-state index is 12.7. The van der Waals surface area contributed by atoms with Crippen molar-refractivity contribution in [1.82, 2.24) is 0 Å². The summed E-state index contributed by atoms with van der Waals surface area (Å²) >= 11 is 0. The largest absolute Gasteiger partial charge is 0.573 e. The lowest BCUT2D eigenvalue weighted by Gasteiger charge is -2.28. The molecule has 2 nitrogen and oxygen atoms in total. The van der Waals surface area contributed by atoms with Gasteiger partial charge in [0, 0.05) is 0 Å². The monoisotopic (exact) mass is 341 g/mol. The van der Waals surface area contributed by atoms with E-state index in [9.17, 15) is 17.6 Å². The second-order valence-corrected chi connectivity index (χ2v) is 6.08. The fourth-order valence-electron chi connectivity index (χ4n) is 3.22. The van der Waals surface area contributed by atoms with Crippen molar-refractivity contribution in [3.8, 4) is 11.8 Å². The van der Waals surface area contributed by atoms with Crippen molar-refractivity contribution in [3.63, 3.8) is 0 Å². The van der Waals surface area contributed by atoms with Crippen LogP contribution in [0.4, 0.5) is 17.6 Å². The number of benzene rings is 1. The standard InChI is InChI=1S/C18H19F4NO/c19-16(12-23)3-1-2-13-4-6-14(7-5-13)15-8-10-17(11-9-15)24-18(20,21)22/h3,8-11,13-14H,1-2,4-7H2/b16-3-. The zero-order valence-electron chi connectivity index (χ0n) is 13.2. The number of nitrogens with zero attached hydrogens (tertiary/aromatic N) is 1. The first-order valence-electron chi connectivity index (χ1n) is 7.99. The summed E-state index contributed by atoms with van der Waals surface area (Å²) in [6, 6.07) is 7.55. The van der Waals surface area contributed by atoms with E-state index >= 15 is 0 Å². The van der Waals surface area contributed by atoms with Gasteiger partial charge in [-0.3, -0.25) is 0 Å². The van der Waals surface area contributed by atoms with Crippen LogP contribution in [0, 0.1) is 17.2 Å². The lowest BCUT2D eigenvalue weighted by Crippen LogP contribution is -2.17. The molecule has 1 saturated carbocycles. The van der Waals surface area contributed by atoms with Crippen LogP contribution < -0.4 is 4.74 Å². The van der Waals surface area contributed by atoms with Crippen molar-refractivity contribution in [3.05, 3.63) is 41.7 Å². The molecule has 6 heteroatoms. The third kappa shape index (κ3) is 5.88. The second-order valence-electron chi connectivity index (χ2n) is 6.08. The average molecular weight is 341 g/mol. The topological polar surface area (TPSA) is 33.0 Å². The summed E-state index contributed by atoms with van der Waals surface area (Å²) in [5.41, 5.74) is 1.03. The molecule has 1 fully saturated rings. The molecular formula is C18H19F4NO. The van der Waals surface area contributed by atoms with E-state index in [1.165, 1.54) is 24.3 Å². The van der Waals surface area contributed by atoms with Crippen LogP contribution in [0.3, 0.4) is 0 Å². The molecule has 0 unspecified atom stereocenters. The first kappa shape index (κ1) is 18.3. The second kappa shape index (κ2) is 8.18. The molecule has 24 heavy (non-hydrogen) atoms. The minimum Gasteiger partial charge on any atom is -0.406 e.